The molecule has 1 aromatic carbocycles. The van der Waals surface area contributed by atoms with Gasteiger partial charge in [-0.1, -0.05) is 23.2 Å². The number of halogens is 3. The third-order valence-electron chi connectivity index (χ3n) is 1.54. The van der Waals surface area contributed by atoms with E-state index < -0.39 is 0 Å². The van der Waals surface area contributed by atoms with Gasteiger partial charge in [0.25, 0.3) is 5.17 Å². The summed E-state index contributed by atoms with van der Waals surface area (Å²) >= 11 is 19.0. The predicted octanol–water partition coefficient (Wildman–Crippen LogP) is 3.82. The van der Waals surface area contributed by atoms with Crippen LogP contribution in [0.25, 0.3) is 0 Å². The second kappa shape index (κ2) is 5.52. The van der Waals surface area contributed by atoms with Crippen LogP contribution in [0.5, 0.6) is 5.75 Å². The van der Waals surface area contributed by atoms with E-state index in [1.165, 1.54) is 0 Å². The minimum atomic E-state index is 0.342. The molecule has 0 spiro atoms. The third-order valence-corrected chi connectivity index (χ3v) is 3.81. The Bertz CT molecular complexity index is 398. The van der Waals surface area contributed by atoms with Crippen molar-refractivity contribution in [2.45, 2.75) is 0 Å². The monoisotopic (exact) mass is 375 g/mol. The summed E-state index contributed by atoms with van der Waals surface area (Å²) in [5, 5.41) is 1.43. The fraction of sp³-hybridized carbons (Fsp3) is 0.222. The zero-order chi connectivity index (χ0) is 11.6. The normalized spacial score (nSPS) is 9.93. The molecular formula is C9H8Cl2INOS. The highest BCUT2D eigenvalue weighted by Crippen LogP contribution is 2.32. The second-order valence-corrected chi connectivity index (χ2v) is 5.28. The van der Waals surface area contributed by atoms with E-state index >= 15 is 0 Å². The maximum atomic E-state index is 5.98. The van der Waals surface area contributed by atoms with Gasteiger partial charge >= 0.3 is 0 Å². The Labute approximate surface area is 118 Å². The molecule has 0 aliphatic carbocycles. The molecule has 0 amide bonds. The number of benzene rings is 1. The molecule has 0 saturated carbocycles. The molecule has 0 saturated heterocycles. The Morgan fingerprint density at radius 3 is 2.47 bits per heavy atom. The highest BCUT2D eigenvalue weighted by atomic mass is 127. The smallest absolute Gasteiger partial charge is 0.264 e. The highest BCUT2D eigenvalue weighted by molar-refractivity contribution is 14.1. The number of nitrogens with zero attached hydrogens (tertiary/aromatic N) is 1. The van der Waals surface area contributed by atoms with Crippen molar-refractivity contribution in [3.8, 4) is 5.75 Å². The molecule has 0 aliphatic heterocycles. The Balaban J connectivity index is 2.96. The van der Waals surface area contributed by atoms with Crippen LogP contribution in [-0.4, -0.2) is 24.2 Å². The maximum absolute atomic E-state index is 5.98. The van der Waals surface area contributed by atoms with Crippen molar-refractivity contribution in [3.05, 3.63) is 25.7 Å². The lowest BCUT2D eigenvalue weighted by Gasteiger charge is -2.15. The molecule has 0 heterocycles. The summed E-state index contributed by atoms with van der Waals surface area (Å²) in [6, 6.07) is 3.39. The fourth-order valence-corrected chi connectivity index (χ4v) is 1.86. The standard InChI is InChI=1S/C9H8Cl2INOS/c1-13(2)9(15)14-8-4-5(10)7(12)3-6(8)11/h3-4H,1-2H3. The van der Waals surface area contributed by atoms with Crippen LogP contribution in [0.1, 0.15) is 0 Å². The van der Waals surface area contributed by atoms with Crippen LogP contribution in [0, 0.1) is 3.57 Å². The SMILES string of the molecule is CN(C)C(=S)Oc1cc(Cl)c(I)cc1Cl. The minimum Gasteiger partial charge on any atom is -0.430 e. The van der Waals surface area contributed by atoms with E-state index in [0.29, 0.717) is 21.0 Å². The average Bonchev–Trinajstić information content (AvgIpc) is 2.13. The van der Waals surface area contributed by atoms with Crippen molar-refractivity contribution in [2.75, 3.05) is 14.1 Å². The first-order valence-corrected chi connectivity index (χ1v) is 6.19. The van der Waals surface area contributed by atoms with Crippen molar-refractivity contribution >= 4 is 63.2 Å². The summed E-state index contributed by atoms with van der Waals surface area (Å²) in [4.78, 5) is 1.68. The number of hydrogen-bond donors (Lipinski definition) is 0. The van der Waals surface area contributed by atoms with Gasteiger partial charge < -0.3 is 9.64 Å². The van der Waals surface area contributed by atoms with E-state index in [-0.39, 0.29) is 0 Å². The lowest BCUT2D eigenvalue weighted by atomic mass is 10.3. The van der Waals surface area contributed by atoms with Gasteiger partial charge in [0.2, 0.25) is 0 Å². The Kier molecular flexibility index (Phi) is 4.89. The van der Waals surface area contributed by atoms with Gasteiger partial charge in [-0.3, -0.25) is 0 Å². The summed E-state index contributed by atoms with van der Waals surface area (Å²) in [5.41, 5.74) is 0. The number of ether oxygens (including phenoxy) is 1. The molecule has 0 atom stereocenters. The first-order chi connectivity index (χ1) is 6.91. The van der Waals surface area contributed by atoms with Crippen LogP contribution in [0.2, 0.25) is 10.0 Å². The molecule has 6 heteroatoms. The van der Waals surface area contributed by atoms with Gasteiger partial charge in [0.15, 0.2) is 0 Å². The lowest BCUT2D eigenvalue weighted by molar-refractivity contribution is 0.449. The fourth-order valence-electron chi connectivity index (χ4n) is 0.768. The molecule has 15 heavy (non-hydrogen) atoms. The topological polar surface area (TPSA) is 12.5 Å². The number of hydrogen-bond acceptors (Lipinski definition) is 2. The molecule has 0 aromatic heterocycles. The van der Waals surface area contributed by atoms with Gasteiger partial charge in [0.05, 0.1) is 10.0 Å². The Morgan fingerprint density at radius 1 is 1.33 bits per heavy atom. The van der Waals surface area contributed by atoms with Gasteiger partial charge in [-0.2, -0.15) is 0 Å². The van der Waals surface area contributed by atoms with Gasteiger partial charge in [-0.05, 0) is 40.9 Å². The van der Waals surface area contributed by atoms with Crippen molar-refractivity contribution in [3.63, 3.8) is 0 Å². The van der Waals surface area contributed by atoms with Crippen molar-refractivity contribution in [1.82, 2.24) is 4.90 Å². The van der Waals surface area contributed by atoms with Crippen molar-refractivity contribution < 1.29 is 4.74 Å². The predicted molar refractivity (Wildman–Crippen MR) is 76.1 cm³/mol. The van der Waals surface area contributed by atoms with Crippen LogP contribution in [0.3, 0.4) is 0 Å². The maximum Gasteiger partial charge on any atom is 0.264 e. The number of thiocarbonyl (C=S) groups is 1. The first-order valence-electron chi connectivity index (χ1n) is 3.95. The zero-order valence-electron chi connectivity index (χ0n) is 8.05. The molecule has 82 valence electrons. The Morgan fingerprint density at radius 2 is 1.93 bits per heavy atom. The minimum absolute atomic E-state index is 0.342. The van der Waals surface area contributed by atoms with Crippen molar-refractivity contribution in [1.29, 1.82) is 0 Å². The largest absolute Gasteiger partial charge is 0.430 e. The van der Waals surface area contributed by atoms with Crippen LogP contribution in [0.4, 0.5) is 0 Å². The summed E-state index contributed by atoms with van der Waals surface area (Å²) in [6.07, 6.45) is 0. The molecule has 0 N–H and O–H groups in total. The van der Waals surface area contributed by atoms with Gasteiger partial charge in [0.1, 0.15) is 5.75 Å². The molecule has 0 fully saturated rings. The van der Waals surface area contributed by atoms with Crippen LogP contribution in [0.15, 0.2) is 12.1 Å². The summed E-state index contributed by atoms with van der Waals surface area (Å²) in [6.45, 7) is 0. The molecule has 0 radical (unpaired) electrons. The molecule has 0 bridgehead atoms. The zero-order valence-corrected chi connectivity index (χ0v) is 12.5. The first kappa shape index (κ1) is 13.3. The van der Waals surface area contributed by atoms with Crippen LogP contribution >= 0.6 is 58.0 Å². The Hall–Kier alpha value is 0.220. The van der Waals surface area contributed by atoms with E-state index in [9.17, 15) is 0 Å². The van der Waals surface area contributed by atoms with E-state index in [1.807, 2.05) is 0 Å². The molecule has 0 unspecified atom stereocenters. The average molecular weight is 376 g/mol. The van der Waals surface area contributed by atoms with Gasteiger partial charge in [-0.25, -0.2) is 0 Å². The van der Waals surface area contributed by atoms with Crippen LogP contribution < -0.4 is 4.74 Å². The molecule has 0 aliphatic rings. The second-order valence-electron chi connectivity index (χ2n) is 2.96. The van der Waals surface area contributed by atoms with Crippen LogP contribution in [-0.2, 0) is 0 Å². The molecule has 2 nitrogen and oxygen atoms in total. The van der Waals surface area contributed by atoms with E-state index in [2.05, 4.69) is 22.6 Å². The third kappa shape index (κ3) is 3.62. The lowest BCUT2D eigenvalue weighted by Crippen LogP contribution is -2.25. The molecule has 1 rings (SSSR count). The van der Waals surface area contributed by atoms with E-state index in [1.54, 1.807) is 31.1 Å². The number of rotatable bonds is 1. The quantitative estimate of drug-likeness (QED) is 0.420. The molecular weight excluding hydrogens is 368 g/mol. The van der Waals surface area contributed by atoms with Crippen molar-refractivity contribution in [2.24, 2.45) is 0 Å². The van der Waals surface area contributed by atoms with Gasteiger partial charge in [-0.15, -0.1) is 0 Å². The van der Waals surface area contributed by atoms with Gasteiger partial charge in [0, 0.05) is 23.7 Å². The van der Waals surface area contributed by atoms with E-state index in [4.69, 9.17) is 40.2 Å². The summed E-state index contributed by atoms with van der Waals surface area (Å²) in [7, 11) is 3.59. The van der Waals surface area contributed by atoms with E-state index in [0.717, 1.165) is 3.57 Å². The summed E-state index contributed by atoms with van der Waals surface area (Å²) < 4.78 is 6.26. The molecule has 1 aromatic rings. The summed E-state index contributed by atoms with van der Waals surface area (Å²) in [5.74, 6) is 0.473. The highest BCUT2D eigenvalue weighted by Gasteiger charge is 2.09.